The Hall–Kier alpha value is -1.47. The molecule has 1 heterocycles. The highest BCUT2D eigenvalue weighted by Gasteiger charge is 2.35. The van der Waals surface area contributed by atoms with Gasteiger partial charge in [0.2, 0.25) is 0 Å². The predicted molar refractivity (Wildman–Crippen MR) is 69.9 cm³/mol. The summed E-state index contributed by atoms with van der Waals surface area (Å²) in [6.45, 7) is 3.19. The lowest BCUT2D eigenvalue weighted by atomic mass is 10.1. The number of hydrogen-bond acceptors (Lipinski definition) is 3. The summed E-state index contributed by atoms with van der Waals surface area (Å²) >= 11 is 1.13. The number of thiazole rings is 1. The van der Waals surface area contributed by atoms with Crippen LogP contribution >= 0.6 is 11.3 Å². The zero-order valence-corrected chi connectivity index (χ0v) is 11.4. The minimum Gasteiger partial charge on any atom is -0.311 e. The van der Waals surface area contributed by atoms with Crippen molar-refractivity contribution < 1.29 is 17.6 Å². The van der Waals surface area contributed by atoms with Crippen LogP contribution in [0.1, 0.15) is 18.2 Å². The molecular formula is C13H12F4N2S. The fourth-order valence-electron chi connectivity index (χ4n) is 1.68. The van der Waals surface area contributed by atoms with Gasteiger partial charge in [-0.2, -0.15) is 13.2 Å². The minimum atomic E-state index is -4.70. The van der Waals surface area contributed by atoms with Crippen molar-refractivity contribution in [1.82, 2.24) is 10.3 Å². The highest BCUT2D eigenvalue weighted by atomic mass is 32.1. The molecule has 0 saturated heterocycles. The van der Waals surface area contributed by atoms with E-state index in [1.807, 2.05) is 6.92 Å². The predicted octanol–water partition coefficient (Wildman–Crippen LogP) is 4.08. The Morgan fingerprint density at radius 2 is 2.05 bits per heavy atom. The van der Waals surface area contributed by atoms with Crippen LogP contribution in [0.5, 0.6) is 0 Å². The van der Waals surface area contributed by atoms with E-state index in [1.165, 1.54) is 12.1 Å². The van der Waals surface area contributed by atoms with Crippen molar-refractivity contribution in [2.24, 2.45) is 0 Å². The van der Waals surface area contributed by atoms with E-state index in [4.69, 9.17) is 0 Å². The van der Waals surface area contributed by atoms with E-state index in [0.29, 0.717) is 12.2 Å². The fraction of sp³-hybridized carbons (Fsp3) is 0.308. The van der Waals surface area contributed by atoms with Gasteiger partial charge < -0.3 is 5.32 Å². The van der Waals surface area contributed by atoms with Crippen molar-refractivity contribution in [1.29, 1.82) is 0 Å². The quantitative estimate of drug-likeness (QED) is 0.861. The monoisotopic (exact) mass is 304 g/mol. The van der Waals surface area contributed by atoms with Crippen molar-refractivity contribution in [3.63, 3.8) is 0 Å². The molecule has 0 spiro atoms. The van der Waals surface area contributed by atoms with E-state index in [1.54, 1.807) is 5.38 Å². The Labute approximate surface area is 117 Å². The van der Waals surface area contributed by atoms with Gasteiger partial charge in [0.15, 0.2) is 0 Å². The molecule has 2 aromatic rings. The van der Waals surface area contributed by atoms with Crippen molar-refractivity contribution in [3.8, 4) is 10.6 Å². The summed E-state index contributed by atoms with van der Waals surface area (Å²) < 4.78 is 51.9. The van der Waals surface area contributed by atoms with E-state index in [9.17, 15) is 17.6 Å². The summed E-state index contributed by atoms with van der Waals surface area (Å²) in [6, 6.07) is 3.22. The van der Waals surface area contributed by atoms with Crippen molar-refractivity contribution in [3.05, 3.63) is 40.7 Å². The van der Waals surface area contributed by atoms with Crippen LogP contribution < -0.4 is 5.32 Å². The minimum absolute atomic E-state index is 0.118. The van der Waals surface area contributed by atoms with E-state index >= 15 is 0 Å². The Balaban J connectivity index is 2.36. The molecule has 1 N–H and O–H groups in total. The van der Waals surface area contributed by atoms with Gasteiger partial charge in [-0.3, -0.25) is 0 Å². The molecule has 0 radical (unpaired) electrons. The molecule has 0 saturated carbocycles. The number of nitrogens with one attached hydrogen (secondary N) is 1. The first-order valence-corrected chi connectivity index (χ1v) is 6.82. The summed E-state index contributed by atoms with van der Waals surface area (Å²) in [5, 5.41) is 5.01. The second-order valence-corrected chi connectivity index (χ2v) is 4.95. The number of nitrogens with zero attached hydrogens (tertiary/aromatic N) is 1. The van der Waals surface area contributed by atoms with Gasteiger partial charge in [-0.25, -0.2) is 9.37 Å². The molecule has 0 aliphatic carbocycles. The van der Waals surface area contributed by atoms with Gasteiger partial charge in [-0.05, 0) is 18.7 Å². The largest absolute Gasteiger partial charge is 0.419 e. The molecule has 0 aliphatic rings. The smallest absolute Gasteiger partial charge is 0.311 e. The zero-order valence-electron chi connectivity index (χ0n) is 10.6. The lowest BCUT2D eigenvalue weighted by molar-refractivity contribution is -0.139. The van der Waals surface area contributed by atoms with Crippen molar-refractivity contribution in [2.45, 2.75) is 19.6 Å². The van der Waals surface area contributed by atoms with Crippen LogP contribution in [0.15, 0.2) is 23.6 Å². The van der Waals surface area contributed by atoms with Crippen molar-refractivity contribution in [2.75, 3.05) is 6.54 Å². The Morgan fingerprint density at radius 1 is 1.30 bits per heavy atom. The van der Waals surface area contributed by atoms with Crippen LogP contribution in [-0.4, -0.2) is 11.5 Å². The highest BCUT2D eigenvalue weighted by Crippen LogP contribution is 2.36. The van der Waals surface area contributed by atoms with Gasteiger partial charge in [0, 0.05) is 17.5 Å². The number of aromatic nitrogens is 1. The molecule has 2 rings (SSSR count). The second kappa shape index (κ2) is 5.88. The standard InChI is InChI=1S/C13H12F4N2S/c1-2-18-6-8-7-20-12(19-8)9-4-3-5-10(11(9)14)13(15,16)17/h3-5,7,18H,2,6H2,1H3. The van der Waals surface area contributed by atoms with Crippen LogP contribution in [0.2, 0.25) is 0 Å². The van der Waals surface area contributed by atoms with Crippen LogP contribution in [0, 0.1) is 5.82 Å². The van der Waals surface area contributed by atoms with Crippen LogP contribution in [0.3, 0.4) is 0 Å². The normalized spacial score (nSPS) is 11.8. The fourth-order valence-corrected chi connectivity index (χ4v) is 2.52. The number of benzene rings is 1. The average Bonchev–Trinajstić information content (AvgIpc) is 2.83. The summed E-state index contributed by atoms with van der Waals surface area (Å²) in [5.74, 6) is -1.27. The van der Waals surface area contributed by atoms with Gasteiger partial charge in [0.25, 0.3) is 0 Å². The third-order valence-electron chi connectivity index (χ3n) is 2.64. The molecule has 0 bridgehead atoms. The van der Waals surface area contributed by atoms with Crippen molar-refractivity contribution >= 4 is 11.3 Å². The second-order valence-electron chi connectivity index (χ2n) is 4.09. The molecule has 20 heavy (non-hydrogen) atoms. The summed E-state index contributed by atoms with van der Waals surface area (Å²) in [5.41, 5.74) is -0.699. The first kappa shape index (κ1) is 14.9. The Kier molecular flexibility index (Phi) is 4.39. The maximum atomic E-state index is 13.9. The molecule has 2 nitrogen and oxygen atoms in total. The molecule has 0 atom stereocenters. The van der Waals surface area contributed by atoms with Gasteiger partial charge in [-0.15, -0.1) is 11.3 Å². The maximum absolute atomic E-state index is 13.9. The summed E-state index contributed by atoms with van der Waals surface area (Å²) in [4.78, 5) is 4.15. The highest BCUT2D eigenvalue weighted by molar-refractivity contribution is 7.13. The van der Waals surface area contributed by atoms with E-state index in [0.717, 1.165) is 23.9 Å². The third-order valence-corrected chi connectivity index (χ3v) is 3.57. The Morgan fingerprint density at radius 3 is 2.70 bits per heavy atom. The first-order chi connectivity index (χ1) is 9.43. The molecule has 1 aromatic heterocycles. The number of hydrogen-bond donors (Lipinski definition) is 1. The summed E-state index contributed by atoms with van der Waals surface area (Å²) in [7, 11) is 0. The topological polar surface area (TPSA) is 24.9 Å². The molecule has 108 valence electrons. The molecule has 0 unspecified atom stereocenters. The van der Waals surface area contributed by atoms with E-state index in [2.05, 4.69) is 10.3 Å². The van der Waals surface area contributed by atoms with Gasteiger partial charge in [0.05, 0.1) is 11.3 Å². The Bertz CT molecular complexity index is 592. The lowest BCUT2D eigenvalue weighted by Crippen LogP contribution is -2.11. The van der Waals surface area contributed by atoms with E-state index < -0.39 is 17.6 Å². The molecule has 7 heteroatoms. The lowest BCUT2D eigenvalue weighted by Gasteiger charge is -2.09. The number of halogens is 4. The molecule has 0 amide bonds. The van der Waals surface area contributed by atoms with Gasteiger partial charge in [-0.1, -0.05) is 13.0 Å². The zero-order chi connectivity index (χ0) is 14.8. The average molecular weight is 304 g/mol. The molecule has 1 aromatic carbocycles. The molecule has 0 fully saturated rings. The van der Waals surface area contributed by atoms with Crippen LogP contribution in [0.25, 0.3) is 10.6 Å². The van der Waals surface area contributed by atoms with Crippen LogP contribution in [-0.2, 0) is 12.7 Å². The summed E-state index contributed by atoms with van der Waals surface area (Å²) in [6.07, 6.45) is -4.70. The van der Waals surface area contributed by atoms with Crippen LogP contribution in [0.4, 0.5) is 17.6 Å². The van der Waals surface area contributed by atoms with Gasteiger partial charge in [0.1, 0.15) is 10.8 Å². The van der Waals surface area contributed by atoms with Gasteiger partial charge >= 0.3 is 6.18 Å². The number of alkyl halides is 3. The van der Waals surface area contributed by atoms with E-state index in [-0.39, 0.29) is 10.6 Å². The SMILES string of the molecule is CCNCc1csc(-c2cccc(C(F)(F)F)c2F)n1. The first-order valence-electron chi connectivity index (χ1n) is 5.94. The molecular weight excluding hydrogens is 292 g/mol. The molecule has 0 aliphatic heterocycles. The number of rotatable bonds is 4. The maximum Gasteiger partial charge on any atom is 0.419 e. The third kappa shape index (κ3) is 3.16.